The number of nitrogens with two attached hydrogens (primary N) is 1. The fourth-order valence-electron chi connectivity index (χ4n) is 2.13. The Bertz CT molecular complexity index is 646. The first kappa shape index (κ1) is 15.1. The molecule has 1 unspecified atom stereocenters. The van der Waals surface area contributed by atoms with Crippen molar-refractivity contribution < 1.29 is 4.74 Å². The molecule has 0 aromatic heterocycles. The molecule has 0 aliphatic carbocycles. The number of rotatable bonds is 5. The van der Waals surface area contributed by atoms with Crippen LogP contribution < -0.4 is 10.5 Å². The van der Waals surface area contributed by atoms with Gasteiger partial charge in [-0.2, -0.15) is 5.26 Å². The van der Waals surface area contributed by atoms with Crippen LogP contribution in [0.1, 0.15) is 23.1 Å². The van der Waals surface area contributed by atoms with Crippen LogP contribution in [0.2, 0.25) is 0 Å². The topological polar surface area (TPSA) is 59.0 Å². The van der Waals surface area contributed by atoms with Gasteiger partial charge in [0.1, 0.15) is 11.3 Å². The predicted molar refractivity (Wildman–Crippen MR) is 83.9 cm³/mol. The molecule has 0 amide bonds. The van der Waals surface area contributed by atoms with Crippen molar-refractivity contribution in [2.24, 2.45) is 5.73 Å². The fraction of sp³-hybridized carbons (Fsp3) is 0.278. The molecular formula is C18H20N2O. The quantitative estimate of drug-likeness (QED) is 0.912. The summed E-state index contributed by atoms with van der Waals surface area (Å²) in [6.45, 7) is 4.52. The molecule has 1 atom stereocenters. The van der Waals surface area contributed by atoms with Gasteiger partial charge in [-0.05, 0) is 42.7 Å². The molecule has 2 N–H and O–H groups in total. The van der Waals surface area contributed by atoms with Gasteiger partial charge in [0.25, 0.3) is 0 Å². The van der Waals surface area contributed by atoms with E-state index in [-0.39, 0.29) is 0 Å². The first-order valence-electron chi connectivity index (χ1n) is 7.01. The lowest BCUT2D eigenvalue weighted by Gasteiger charge is -2.22. The zero-order valence-corrected chi connectivity index (χ0v) is 12.5. The smallest absolute Gasteiger partial charge is 0.133 e. The Hall–Kier alpha value is -2.31. The van der Waals surface area contributed by atoms with Crippen molar-refractivity contribution >= 4 is 0 Å². The number of hydrogen-bond donors (Lipinski definition) is 1. The minimum absolute atomic E-state index is 0.404. The van der Waals surface area contributed by atoms with Gasteiger partial charge in [-0.3, -0.25) is 0 Å². The van der Waals surface area contributed by atoms with Crippen molar-refractivity contribution in [3.8, 4) is 11.8 Å². The summed E-state index contributed by atoms with van der Waals surface area (Å²) in [7, 11) is 0. The predicted octanol–water partition coefficient (Wildman–Crippen LogP) is 3.45. The molecule has 0 aliphatic rings. The second kappa shape index (κ2) is 6.43. The van der Waals surface area contributed by atoms with Crippen LogP contribution in [0.4, 0.5) is 0 Å². The lowest BCUT2D eigenvalue weighted by atomic mass is 9.89. The first-order valence-corrected chi connectivity index (χ1v) is 7.01. The summed E-state index contributed by atoms with van der Waals surface area (Å²) < 4.78 is 5.73. The van der Waals surface area contributed by atoms with Gasteiger partial charge in [0, 0.05) is 6.42 Å². The van der Waals surface area contributed by atoms with E-state index < -0.39 is 5.54 Å². The molecule has 0 bridgehead atoms. The fourth-order valence-corrected chi connectivity index (χ4v) is 2.13. The van der Waals surface area contributed by atoms with Crippen molar-refractivity contribution in [1.29, 1.82) is 5.26 Å². The Morgan fingerprint density at radius 2 is 1.81 bits per heavy atom. The molecule has 0 saturated carbocycles. The molecule has 0 heterocycles. The van der Waals surface area contributed by atoms with Crippen LogP contribution >= 0.6 is 0 Å². The van der Waals surface area contributed by atoms with Gasteiger partial charge in [-0.25, -0.2) is 0 Å². The highest BCUT2D eigenvalue weighted by molar-refractivity contribution is 5.34. The number of nitrogens with zero attached hydrogens (tertiary/aromatic N) is 1. The SMILES string of the molecule is Cc1ccc(OCCC(N)(C#N)c2ccccc2)cc1C. The molecule has 108 valence electrons. The molecule has 2 rings (SSSR count). The summed E-state index contributed by atoms with van der Waals surface area (Å²) in [6, 6.07) is 17.6. The van der Waals surface area contributed by atoms with E-state index in [2.05, 4.69) is 19.9 Å². The van der Waals surface area contributed by atoms with E-state index in [1.165, 1.54) is 11.1 Å². The monoisotopic (exact) mass is 280 g/mol. The van der Waals surface area contributed by atoms with E-state index in [1.807, 2.05) is 48.5 Å². The minimum atomic E-state index is -1.01. The lowest BCUT2D eigenvalue weighted by molar-refractivity contribution is 0.281. The standard InChI is InChI=1S/C18H20N2O/c1-14-8-9-17(12-15(14)2)21-11-10-18(20,13-19)16-6-4-3-5-7-16/h3-9,12H,10-11,20H2,1-2H3. The third-order valence-electron chi connectivity index (χ3n) is 3.73. The van der Waals surface area contributed by atoms with Crippen LogP contribution in [0.15, 0.2) is 48.5 Å². The van der Waals surface area contributed by atoms with Gasteiger partial charge in [-0.1, -0.05) is 36.4 Å². The van der Waals surface area contributed by atoms with Crippen LogP contribution in [0, 0.1) is 25.2 Å². The number of hydrogen-bond acceptors (Lipinski definition) is 3. The maximum atomic E-state index is 9.39. The van der Waals surface area contributed by atoms with Crippen molar-refractivity contribution in [2.45, 2.75) is 25.8 Å². The molecule has 3 nitrogen and oxygen atoms in total. The summed E-state index contributed by atoms with van der Waals surface area (Å²) in [6.07, 6.45) is 0.445. The minimum Gasteiger partial charge on any atom is -0.493 e. The molecule has 0 fully saturated rings. The number of nitriles is 1. The zero-order valence-electron chi connectivity index (χ0n) is 12.5. The molecule has 21 heavy (non-hydrogen) atoms. The van der Waals surface area contributed by atoms with Gasteiger partial charge in [0.05, 0.1) is 12.7 Å². The average molecular weight is 280 g/mol. The van der Waals surface area contributed by atoms with Crippen LogP contribution in [-0.2, 0) is 5.54 Å². The number of benzene rings is 2. The first-order chi connectivity index (χ1) is 10.0. The Kier molecular flexibility index (Phi) is 4.62. The maximum absolute atomic E-state index is 9.39. The Morgan fingerprint density at radius 3 is 2.43 bits per heavy atom. The van der Waals surface area contributed by atoms with Gasteiger partial charge < -0.3 is 10.5 Å². The third kappa shape index (κ3) is 3.62. The largest absolute Gasteiger partial charge is 0.493 e. The molecule has 0 radical (unpaired) electrons. The average Bonchev–Trinajstić information content (AvgIpc) is 2.51. The van der Waals surface area contributed by atoms with E-state index in [9.17, 15) is 5.26 Å². The second-order valence-electron chi connectivity index (χ2n) is 5.29. The Labute approximate surface area is 126 Å². The molecule has 3 heteroatoms. The Balaban J connectivity index is 2.01. The molecule has 0 saturated heterocycles. The highest BCUT2D eigenvalue weighted by Gasteiger charge is 2.26. The highest BCUT2D eigenvalue weighted by atomic mass is 16.5. The van der Waals surface area contributed by atoms with Crippen molar-refractivity contribution in [2.75, 3.05) is 6.61 Å². The van der Waals surface area contributed by atoms with Gasteiger partial charge >= 0.3 is 0 Å². The van der Waals surface area contributed by atoms with E-state index in [1.54, 1.807) is 0 Å². The normalized spacial score (nSPS) is 13.2. The van der Waals surface area contributed by atoms with E-state index in [4.69, 9.17) is 10.5 Å². The third-order valence-corrected chi connectivity index (χ3v) is 3.73. The van der Waals surface area contributed by atoms with Crippen LogP contribution in [-0.4, -0.2) is 6.61 Å². The molecule has 2 aromatic rings. The molecule has 0 aliphatic heterocycles. The zero-order chi connectivity index (χ0) is 15.3. The number of ether oxygens (including phenoxy) is 1. The van der Waals surface area contributed by atoms with Crippen LogP contribution in [0.25, 0.3) is 0 Å². The van der Waals surface area contributed by atoms with Gasteiger partial charge in [0.2, 0.25) is 0 Å². The van der Waals surface area contributed by atoms with Crippen molar-refractivity contribution in [3.05, 3.63) is 65.2 Å². The summed E-state index contributed by atoms with van der Waals surface area (Å²) in [5.41, 5.74) is 8.42. The number of aryl methyl sites for hydroxylation is 2. The van der Waals surface area contributed by atoms with E-state index in [0.717, 1.165) is 11.3 Å². The summed E-state index contributed by atoms with van der Waals surface area (Å²) >= 11 is 0. The van der Waals surface area contributed by atoms with E-state index >= 15 is 0 Å². The second-order valence-corrected chi connectivity index (χ2v) is 5.29. The maximum Gasteiger partial charge on any atom is 0.133 e. The van der Waals surface area contributed by atoms with Gasteiger partial charge in [0.15, 0.2) is 0 Å². The van der Waals surface area contributed by atoms with Crippen molar-refractivity contribution in [3.63, 3.8) is 0 Å². The molecule has 0 spiro atoms. The van der Waals surface area contributed by atoms with Crippen LogP contribution in [0.5, 0.6) is 5.75 Å². The lowest BCUT2D eigenvalue weighted by Crippen LogP contribution is -2.36. The van der Waals surface area contributed by atoms with Crippen LogP contribution in [0.3, 0.4) is 0 Å². The summed E-state index contributed by atoms with van der Waals surface area (Å²) in [5, 5.41) is 9.39. The van der Waals surface area contributed by atoms with Crippen molar-refractivity contribution in [1.82, 2.24) is 0 Å². The summed E-state index contributed by atoms with van der Waals surface area (Å²) in [4.78, 5) is 0. The molecular weight excluding hydrogens is 260 g/mol. The highest BCUT2D eigenvalue weighted by Crippen LogP contribution is 2.22. The summed E-state index contributed by atoms with van der Waals surface area (Å²) in [5.74, 6) is 0.812. The molecule has 2 aromatic carbocycles. The van der Waals surface area contributed by atoms with E-state index in [0.29, 0.717) is 13.0 Å². The van der Waals surface area contributed by atoms with Gasteiger partial charge in [-0.15, -0.1) is 0 Å². The Morgan fingerprint density at radius 1 is 1.10 bits per heavy atom.